The minimum atomic E-state index is 0.198. The Hall–Kier alpha value is -2.19. The van der Waals surface area contributed by atoms with E-state index in [1.54, 1.807) is 0 Å². The normalized spacial score (nSPS) is 12.5. The highest BCUT2D eigenvalue weighted by atomic mass is 14.9. The molecule has 1 atom stereocenters. The van der Waals surface area contributed by atoms with Gasteiger partial charge in [-0.15, -0.1) is 0 Å². The zero-order valence-electron chi connectivity index (χ0n) is 12.5. The van der Waals surface area contributed by atoms with E-state index in [1.807, 2.05) is 12.3 Å². The van der Waals surface area contributed by atoms with Crippen molar-refractivity contribution in [1.82, 2.24) is 10.3 Å². The summed E-state index contributed by atoms with van der Waals surface area (Å²) in [5, 5.41) is 4.81. The third-order valence-corrected chi connectivity index (χ3v) is 3.81. The molecule has 0 fully saturated rings. The van der Waals surface area contributed by atoms with E-state index in [1.165, 1.54) is 22.1 Å². The Bertz CT molecular complexity index is 727. The van der Waals surface area contributed by atoms with Gasteiger partial charge in [-0.05, 0) is 36.7 Å². The minimum absolute atomic E-state index is 0.198. The van der Waals surface area contributed by atoms with Crippen LogP contribution in [0.5, 0.6) is 0 Å². The SMILES string of the molecule is CCNC(c1ccc(C)cc1)c1ccnc2ccccc12. The highest BCUT2D eigenvalue weighted by Gasteiger charge is 2.15. The highest BCUT2D eigenvalue weighted by molar-refractivity contribution is 5.82. The first kappa shape index (κ1) is 13.8. The summed E-state index contributed by atoms with van der Waals surface area (Å²) < 4.78 is 0. The van der Waals surface area contributed by atoms with Crippen LogP contribution in [0.15, 0.2) is 60.8 Å². The molecule has 0 radical (unpaired) electrons. The van der Waals surface area contributed by atoms with Gasteiger partial charge >= 0.3 is 0 Å². The fraction of sp³-hybridized carbons (Fsp3) is 0.211. The van der Waals surface area contributed by atoms with Crippen LogP contribution in [0.4, 0.5) is 0 Å². The van der Waals surface area contributed by atoms with Gasteiger partial charge in [0.25, 0.3) is 0 Å². The van der Waals surface area contributed by atoms with E-state index < -0.39 is 0 Å². The molecule has 21 heavy (non-hydrogen) atoms. The number of hydrogen-bond acceptors (Lipinski definition) is 2. The minimum Gasteiger partial charge on any atom is -0.307 e. The lowest BCUT2D eigenvalue weighted by Gasteiger charge is -2.20. The average molecular weight is 276 g/mol. The van der Waals surface area contributed by atoms with Crippen LogP contribution in [0, 0.1) is 6.92 Å². The lowest BCUT2D eigenvalue weighted by molar-refractivity contribution is 0.634. The molecule has 2 nitrogen and oxygen atoms in total. The fourth-order valence-corrected chi connectivity index (χ4v) is 2.74. The van der Waals surface area contributed by atoms with Crippen molar-refractivity contribution in [3.63, 3.8) is 0 Å². The summed E-state index contributed by atoms with van der Waals surface area (Å²) in [5.41, 5.74) is 4.91. The number of nitrogens with zero attached hydrogens (tertiary/aromatic N) is 1. The molecule has 3 rings (SSSR count). The summed E-state index contributed by atoms with van der Waals surface area (Å²) in [6.07, 6.45) is 1.90. The van der Waals surface area contributed by atoms with E-state index in [9.17, 15) is 0 Å². The van der Waals surface area contributed by atoms with Crippen LogP contribution in [0.2, 0.25) is 0 Å². The van der Waals surface area contributed by atoms with Crippen molar-refractivity contribution in [1.29, 1.82) is 0 Å². The number of aromatic nitrogens is 1. The number of para-hydroxylation sites is 1. The standard InChI is InChI=1S/C19H20N2/c1-3-20-19(15-10-8-14(2)9-11-15)17-12-13-21-18-7-5-4-6-16(17)18/h4-13,19-20H,3H2,1-2H3. The third-order valence-electron chi connectivity index (χ3n) is 3.81. The summed E-state index contributed by atoms with van der Waals surface area (Å²) in [6.45, 7) is 5.19. The molecule has 2 heteroatoms. The predicted octanol–water partition coefficient (Wildman–Crippen LogP) is 4.24. The highest BCUT2D eigenvalue weighted by Crippen LogP contribution is 2.28. The molecule has 3 aromatic rings. The van der Waals surface area contributed by atoms with Gasteiger partial charge in [-0.2, -0.15) is 0 Å². The second-order valence-corrected chi connectivity index (χ2v) is 5.32. The zero-order valence-corrected chi connectivity index (χ0v) is 12.5. The molecule has 0 saturated carbocycles. The molecule has 0 saturated heterocycles. The lowest BCUT2D eigenvalue weighted by Crippen LogP contribution is -2.22. The van der Waals surface area contributed by atoms with Crippen molar-refractivity contribution in [3.8, 4) is 0 Å². The molecule has 0 spiro atoms. The molecule has 0 aliphatic rings. The number of rotatable bonds is 4. The van der Waals surface area contributed by atoms with Crippen LogP contribution in [-0.2, 0) is 0 Å². The number of aryl methyl sites for hydroxylation is 1. The quantitative estimate of drug-likeness (QED) is 0.771. The van der Waals surface area contributed by atoms with E-state index >= 15 is 0 Å². The second kappa shape index (κ2) is 6.06. The van der Waals surface area contributed by atoms with Crippen LogP contribution in [0.1, 0.15) is 29.7 Å². The maximum atomic E-state index is 4.46. The molecule has 0 aliphatic heterocycles. The van der Waals surface area contributed by atoms with Gasteiger partial charge in [0, 0.05) is 11.6 Å². The van der Waals surface area contributed by atoms with Gasteiger partial charge in [0.05, 0.1) is 11.6 Å². The van der Waals surface area contributed by atoms with E-state index in [2.05, 4.69) is 72.7 Å². The molecule has 106 valence electrons. The summed E-state index contributed by atoms with van der Waals surface area (Å²) in [5.74, 6) is 0. The maximum absolute atomic E-state index is 4.46. The van der Waals surface area contributed by atoms with Gasteiger partial charge in [0.1, 0.15) is 0 Å². The van der Waals surface area contributed by atoms with Crippen molar-refractivity contribution in [2.45, 2.75) is 19.9 Å². The molecule has 2 aromatic carbocycles. The number of pyridine rings is 1. The Balaban J connectivity index is 2.13. The van der Waals surface area contributed by atoms with E-state index in [-0.39, 0.29) is 6.04 Å². The Morgan fingerprint density at radius 3 is 2.52 bits per heavy atom. The Morgan fingerprint density at radius 1 is 1.00 bits per heavy atom. The second-order valence-electron chi connectivity index (χ2n) is 5.32. The van der Waals surface area contributed by atoms with E-state index in [4.69, 9.17) is 0 Å². The van der Waals surface area contributed by atoms with Crippen molar-refractivity contribution in [2.75, 3.05) is 6.54 Å². The van der Waals surface area contributed by atoms with Gasteiger partial charge < -0.3 is 5.32 Å². The summed E-state index contributed by atoms with van der Waals surface area (Å²) in [7, 11) is 0. The first-order chi connectivity index (χ1) is 10.3. The van der Waals surface area contributed by atoms with Crippen LogP contribution in [-0.4, -0.2) is 11.5 Å². The molecular formula is C19H20N2. The molecule has 1 heterocycles. The molecular weight excluding hydrogens is 256 g/mol. The number of fused-ring (bicyclic) bond motifs is 1. The number of hydrogen-bond donors (Lipinski definition) is 1. The van der Waals surface area contributed by atoms with Crippen LogP contribution >= 0.6 is 0 Å². The Kier molecular flexibility index (Phi) is 3.98. The van der Waals surface area contributed by atoms with E-state index in [0.717, 1.165) is 12.1 Å². The first-order valence-electron chi connectivity index (χ1n) is 7.43. The maximum Gasteiger partial charge on any atom is 0.0705 e. The van der Waals surface area contributed by atoms with Crippen molar-refractivity contribution < 1.29 is 0 Å². The average Bonchev–Trinajstić information content (AvgIpc) is 2.53. The van der Waals surface area contributed by atoms with Crippen LogP contribution in [0.25, 0.3) is 10.9 Å². The van der Waals surface area contributed by atoms with Gasteiger partial charge in [0.2, 0.25) is 0 Å². The third kappa shape index (κ3) is 2.81. The van der Waals surface area contributed by atoms with Crippen molar-refractivity contribution in [2.24, 2.45) is 0 Å². The Morgan fingerprint density at radius 2 is 1.76 bits per heavy atom. The van der Waals surface area contributed by atoms with Gasteiger partial charge in [-0.3, -0.25) is 4.98 Å². The van der Waals surface area contributed by atoms with E-state index in [0.29, 0.717) is 0 Å². The number of nitrogens with one attached hydrogen (secondary N) is 1. The molecule has 1 N–H and O–H groups in total. The van der Waals surface area contributed by atoms with Gasteiger partial charge in [-0.25, -0.2) is 0 Å². The van der Waals surface area contributed by atoms with Gasteiger partial charge in [-0.1, -0.05) is 55.0 Å². The lowest BCUT2D eigenvalue weighted by atomic mass is 9.95. The summed E-state index contributed by atoms with van der Waals surface area (Å²) >= 11 is 0. The van der Waals surface area contributed by atoms with Gasteiger partial charge in [0.15, 0.2) is 0 Å². The topological polar surface area (TPSA) is 24.9 Å². The monoisotopic (exact) mass is 276 g/mol. The van der Waals surface area contributed by atoms with Crippen molar-refractivity contribution >= 4 is 10.9 Å². The fourth-order valence-electron chi connectivity index (χ4n) is 2.74. The largest absolute Gasteiger partial charge is 0.307 e. The molecule has 0 aliphatic carbocycles. The molecule has 1 unspecified atom stereocenters. The molecule has 0 amide bonds. The predicted molar refractivity (Wildman–Crippen MR) is 88.4 cm³/mol. The number of benzene rings is 2. The molecule has 1 aromatic heterocycles. The smallest absolute Gasteiger partial charge is 0.0705 e. The molecule has 0 bridgehead atoms. The summed E-state index contributed by atoms with van der Waals surface area (Å²) in [6, 6.07) is 19.4. The zero-order chi connectivity index (χ0) is 14.7. The Labute approximate surface area is 125 Å². The van der Waals surface area contributed by atoms with Crippen molar-refractivity contribution in [3.05, 3.63) is 77.5 Å². The summed E-state index contributed by atoms with van der Waals surface area (Å²) in [4.78, 5) is 4.46. The van der Waals surface area contributed by atoms with Crippen LogP contribution < -0.4 is 5.32 Å². The van der Waals surface area contributed by atoms with Crippen LogP contribution in [0.3, 0.4) is 0 Å². The first-order valence-corrected chi connectivity index (χ1v) is 7.43.